The van der Waals surface area contributed by atoms with Gasteiger partial charge >= 0.3 is 0 Å². The Balaban J connectivity index is 2.66. The van der Waals surface area contributed by atoms with Gasteiger partial charge < -0.3 is 4.74 Å². The summed E-state index contributed by atoms with van der Waals surface area (Å²) in [5.74, 6) is -1.60. The first-order chi connectivity index (χ1) is 8.61. The van der Waals surface area contributed by atoms with E-state index in [4.69, 9.17) is 4.74 Å². The second-order valence-electron chi connectivity index (χ2n) is 4.68. The Morgan fingerprint density at radius 2 is 1.72 bits per heavy atom. The fraction of sp³-hybridized carbons (Fsp3) is 0.600. The molecule has 0 aliphatic carbocycles. The molecule has 1 nitrogen and oxygen atoms in total. The molecular weight excluding hydrogens is 234 g/mol. The van der Waals surface area contributed by atoms with Gasteiger partial charge in [-0.25, -0.2) is 4.39 Å². The fourth-order valence-electron chi connectivity index (χ4n) is 2.16. The molecule has 0 saturated heterocycles. The second kappa shape index (κ2) is 7.34. The van der Waals surface area contributed by atoms with Crippen LogP contribution >= 0.6 is 0 Å². The van der Waals surface area contributed by atoms with Gasteiger partial charge in [-0.1, -0.05) is 32.6 Å². The molecular formula is C15H22F2O. The number of halogens is 2. The molecule has 0 radical (unpaired) electrons. The van der Waals surface area contributed by atoms with E-state index in [1.54, 1.807) is 13.0 Å². The molecule has 1 rings (SSSR count). The molecule has 0 aromatic heterocycles. The molecule has 102 valence electrons. The number of benzene rings is 1. The quantitative estimate of drug-likeness (QED) is 0.637. The van der Waals surface area contributed by atoms with Crippen molar-refractivity contribution in [1.29, 1.82) is 0 Å². The lowest BCUT2D eigenvalue weighted by Gasteiger charge is -2.11. The van der Waals surface area contributed by atoms with Crippen molar-refractivity contribution in [3.05, 3.63) is 28.8 Å². The summed E-state index contributed by atoms with van der Waals surface area (Å²) in [5, 5.41) is 0. The van der Waals surface area contributed by atoms with Gasteiger partial charge in [-0.05, 0) is 37.0 Å². The lowest BCUT2D eigenvalue weighted by atomic mass is 10.0. The lowest BCUT2D eigenvalue weighted by molar-refractivity contribution is 0.366. The number of aryl methyl sites for hydroxylation is 2. The first-order valence-corrected chi connectivity index (χ1v) is 6.63. The van der Waals surface area contributed by atoms with E-state index < -0.39 is 11.6 Å². The lowest BCUT2D eigenvalue weighted by Crippen LogP contribution is -2.01. The molecule has 0 N–H and O–H groups in total. The Morgan fingerprint density at radius 1 is 1.06 bits per heavy atom. The van der Waals surface area contributed by atoms with Gasteiger partial charge in [-0.2, -0.15) is 4.39 Å². The number of unbranched alkanes of at least 4 members (excludes halogenated alkanes) is 4. The van der Waals surface area contributed by atoms with Crippen LogP contribution in [0.4, 0.5) is 8.78 Å². The second-order valence-corrected chi connectivity index (χ2v) is 4.68. The Bertz CT molecular complexity index is 389. The predicted octanol–water partition coefficient (Wildman–Crippen LogP) is 4.79. The summed E-state index contributed by atoms with van der Waals surface area (Å²) in [4.78, 5) is 0. The third-order valence-electron chi connectivity index (χ3n) is 3.18. The van der Waals surface area contributed by atoms with Crippen LogP contribution in [0.25, 0.3) is 0 Å². The number of hydrogen-bond acceptors (Lipinski definition) is 1. The molecule has 0 saturated carbocycles. The van der Waals surface area contributed by atoms with Gasteiger partial charge in [0.1, 0.15) is 0 Å². The summed E-state index contributed by atoms with van der Waals surface area (Å²) in [6.07, 6.45) is 6.12. The Hall–Kier alpha value is -1.12. The molecule has 0 spiro atoms. The van der Waals surface area contributed by atoms with E-state index in [2.05, 4.69) is 6.92 Å². The Labute approximate surface area is 108 Å². The van der Waals surface area contributed by atoms with Gasteiger partial charge in [0.25, 0.3) is 0 Å². The van der Waals surface area contributed by atoms with Gasteiger partial charge in [0, 0.05) is 0 Å². The molecule has 3 heteroatoms. The van der Waals surface area contributed by atoms with Gasteiger partial charge in [-0.15, -0.1) is 0 Å². The summed E-state index contributed by atoms with van der Waals surface area (Å²) in [5.41, 5.74) is 1.11. The van der Waals surface area contributed by atoms with E-state index in [1.807, 2.05) is 0 Å². The van der Waals surface area contributed by atoms with Gasteiger partial charge in [0.15, 0.2) is 11.6 Å². The summed E-state index contributed by atoms with van der Waals surface area (Å²) in [6, 6.07) is 1.69. The van der Waals surface area contributed by atoms with Crippen LogP contribution in [0.15, 0.2) is 6.07 Å². The number of rotatable bonds is 7. The molecule has 0 heterocycles. The Morgan fingerprint density at radius 3 is 2.33 bits per heavy atom. The summed E-state index contributed by atoms with van der Waals surface area (Å²) in [7, 11) is 1.36. The van der Waals surface area contributed by atoms with Crippen LogP contribution in [0.5, 0.6) is 5.75 Å². The number of hydrogen-bond donors (Lipinski definition) is 0. The van der Waals surface area contributed by atoms with Crippen molar-refractivity contribution < 1.29 is 13.5 Å². The van der Waals surface area contributed by atoms with E-state index in [0.717, 1.165) is 19.3 Å². The van der Waals surface area contributed by atoms with E-state index in [0.29, 0.717) is 17.5 Å². The number of methoxy groups -OCH3 is 1. The zero-order valence-electron chi connectivity index (χ0n) is 11.5. The molecule has 18 heavy (non-hydrogen) atoms. The zero-order valence-corrected chi connectivity index (χ0v) is 11.5. The highest BCUT2D eigenvalue weighted by molar-refractivity contribution is 5.39. The van der Waals surface area contributed by atoms with E-state index in [9.17, 15) is 8.78 Å². The average Bonchev–Trinajstić information content (AvgIpc) is 2.35. The van der Waals surface area contributed by atoms with Gasteiger partial charge in [-0.3, -0.25) is 0 Å². The van der Waals surface area contributed by atoms with Crippen LogP contribution in [-0.2, 0) is 6.42 Å². The summed E-state index contributed by atoms with van der Waals surface area (Å²) in [6.45, 7) is 3.89. The smallest absolute Gasteiger partial charge is 0.201 e. The Kier molecular flexibility index (Phi) is 6.10. The molecule has 0 amide bonds. The first kappa shape index (κ1) is 14.9. The van der Waals surface area contributed by atoms with Gasteiger partial charge in [0.05, 0.1) is 7.11 Å². The summed E-state index contributed by atoms with van der Waals surface area (Å²) >= 11 is 0. The monoisotopic (exact) mass is 256 g/mol. The van der Waals surface area contributed by atoms with Crippen molar-refractivity contribution in [2.75, 3.05) is 7.11 Å². The normalized spacial score (nSPS) is 10.7. The molecule has 0 fully saturated rings. The maximum atomic E-state index is 13.7. The molecule has 0 bridgehead atoms. The minimum absolute atomic E-state index is 0.0160. The highest BCUT2D eigenvalue weighted by Gasteiger charge is 2.16. The molecule has 0 atom stereocenters. The molecule has 0 aliphatic heterocycles. The summed E-state index contributed by atoms with van der Waals surface area (Å²) < 4.78 is 32.3. The van der Waals surface area contributed by atoms with Crippen LogP contribution < -0.4 is 4.74 Å². The zero-order chi connectivity index (χ0) is 13.5. The van der Waals surface area contributed by atoms with Crippen molar-refractivity contribution in [2.24, 2.45) is 0 Å². The highest BCUT2D eigenvalue weighted by Crippen LogP contribution is 2.28. The first-order valence-electron chi connectivity index (χ1n) is 6.63. The van der Waals surface area contributed by atoms with Crippen molar-refractivity contribution in [3.63, 3.8) is 0 Å². The average molecular weight is 256 g/mol. The van der Waals surface area contributed by atoms with Crippen molar-refractivity contribution >= 4 is 0 Å². The fourth-order valence-corrected chi connectivity index (χ4v) is 2.16. The van der Waals surface area contributed by atoms with Crippen LogP contribution in [0.2, 0.25) is 0 Å². The number of ether oxygens (including phenoxy) is 1. The SMILES string of the molecule is CCCCCCCc1cc(C)c(OC)c(F)c1F. The van der Waals surface area contributed by atoms with E-state index in [-0.39, 0.29) is 5.75 Å². The van der Waals surface area contributed by atoms with Crippen LogP contribution in [-0.4, -0.2) is 7.11 Å². The predicted molar refractivity (Wildman–Crippen MR) is 70.1 cm³/mol. The van der Waals surface area contributed by atoms with E-state index in [1.165, 1.54) is 20.0 Å². The molecule has 0 unspecified atom stereocenters. The van der Waals surface area contributed by atoms with Crippen molar-refractivity contribution in [2.45, 2.75) is 52.4 Å². The minimum Gasteiger partial charge on any atom is -0.493 e. The standard InChI is InChI=1S/C15H22F2O/c1-4-5-6-7-8-9-12-10-11(2)15(18-3)14(17)13(12)16/h10H,4-9H2,1-3H3. The molecule has 1 aromatic carbocycles. The van der Waals surface area contributed by atoms with Crippen molar-refractivity contribution in [3.8, 4) is 5.75 Å². The molecule has 0 aliphatic rings. The van der Waals surface area contributed by atoms with E-state index >= 15 is 0 Å². The van der Waals surface area contributed by atoms with Crippen LogP contribution in [0.1, 0.15) is 50.2 Å². The third kappa shape index (κ3) is 3.69. The maximum Gasteiger partial charge on any atom is 0.201 e. The van der Waals surface area contributed by atoms with Crippen molar-refractivity contribution in [1.82, 2.24) is 0 Å². The highest BCUT2D eigenvalue weighted by atomic mass is 19.2. The largest absolute Gasteiger partial charge is 0.493 e. The molecule has 1 aromatic rings. The third-order valence-corrected chi connectivity index (χ3v) is 3.18. The van der Waals surface area contributed by atoms with Gasteiger partial charge in [0.2, 0.25) is 5.82 Å². The topological polar surface area (TPSA) is 9.23 Å². The van der Waals surface area contributed by atoms with Crippen LogP contribution in [0, 0.1) is 18.6 Å². The van der Waals surface area contributed by atoms with Crippen LogP contribution in [0.3, 0.4) is 0 Å². The minimum atomic E-state index is -0.860. The maximum absolute atomic E-state index is 13.7.